The van der Waals surface area contributed by atoms with E-state index in [9.17, 15) is 9.18 Å². The Bertz CT molecular complexity index is 662. The molecule has 20 heavy (non-hydrogen) atoms. The number of aromatic carboxylic acids is 1. The Morgan fingerprint density at radius 3 is 2.80 bits per heavy atom. The molecule has 0 saturated carbocycles. The highest BCUT2D eigenvalue weighted by Crippen LogP contribution is 2.26. The summed E-state index contributed by atoms with van der Waals surface area (Å²) in [5, 5.41) is 9.28. The number of halogens is 2. The van der Waals surface area contributed by atoms with Crippen LogP contribution < -0.4 is 0 Å². The largest absolute Gasteiger partial charge is 0.478 e. The number of hydrogen-bond donors (Lipinski definition) is 1. The molecule has 0 unspecified atom stereocenters. The molecule has 104 valence electrons. The monoisotopic (exact) mass is 294 g/mol. The average molecular weight is 295 g/mol. The maximum atomic E-state index is 13.0. The third kappa shape index (κ3) is 2.93. The van der Waals surface area contributed by atoms with Crippen LogP contribution in [-0.4, -0.2) is 21.0 Å². The van der Waals surface area contributed by atoms with Gasteiger partial charge >= 0.3 is 5.97 Å². The zero-order valence-corrected chi connectivity index (χ0v) is 11.5. The van der Waals surface area contributed by atoms with Gasteiger partial charge in [-0.3, -0.25) is 0 Å². The molecular weight excluding hydrogens is 283 g/mol. The minimum Gasteiger partial charge on any atom is -0.478 e. The Labute approximate surface area is 120 Å². The summed E-state index contributed by atoms with van der Waals surface area (Å²) in [7, 11) is 0. The number of aromatic nitrogens is 2. The fraction of sp³-hybridized carbons (Fsp3) is 0.214. The molecule has 1 heterocycles. The first-order valence-corrected chi connectivity index (χ1v) is 6.45. The Balaban J connectivity index is 2.52. The zero-order chi connectivity index (χ0) is 14.7. The molecule has 1 N–H and O–H groups in total. The third-order valence-electron chi connectivity index (χ3n) is 2.76. The number of carbonyl (C=O) groups is 1. The van der Waals surface area contributed by atoms with Crippen LogP contribution in [0.4, 0.5) is 4.39 Å². The van der Waals surface area contributed by atoms with Crippen molar-refractivity contribution < 1.29 is 14.3 Å². The number of carboxylic acids is 1. The zero-order valence-electron chi connectivity index (χ0n) is 10.7. The summed E-state index contributed by atoms with van der Waals surface area (Å²) in [5.74, 6) is -1.22. The first-order valence-electron chi connectivity index (χ1n) is 6.07. The van der Waals surface area contributed by atoms with Crippen LogP contribution in [0, 0.1) is 5.82 Å². The van der Waals surface area contributed by atoms with E-state index < -0.39 is 11.8 Å². The standard InChI is InChI=1S/C14H12ClFN2O2/c1-2-3-12-10(14(19)20)7-17-13(18-12)9-5-4-8(16)6-11(9)15/h4-7H,2-3H2,1H3,(H,19,20). The van der Waals surface area contributed by atoms with Crippen molar-refractivity contribution in [1.82, 2.24) is 9.97 Å². The summed E-state index contributed by atoms with van der Waals surface area (Å²) in [5.41, 5.74) is 1.00. The summed E-state index contributed by atoms with van der Waals surface area (Å²) < 4.78 is 13.0. The van der Waals surface area contributed by atoms with Gasteiger partial charge in [0, 0.05) is 11.8 Å². The molecule has 4 nitrogen and oxygen atoms in total. The van der Waals surface area contributed by atoms with Crippen LogP contribution in [0.3, 0.4) is 0 Å². The highest BCUT2D eigenvalue weighted by Gasteiger charge is 2.15. The molecular formula is C14H12ClFN2O2. The van der Waals surface area contributed by atoms with Crippen LogP contribution in [0.2, 0.25) is 5.02 Å². The summed E-state index contributed by atoms with van der Waals surface area (Å²) in [6.07, 6.45) is 2.54. The first-order chi connectivity index (χ1) is 9.52. The van der Waals surface area contributed by atoms with Gasteiger partial charge in [-0.2, -0.15) is 0 Å². The number of benzene rings is 1. The maximum absolute atomic E-state index is 13.0. The van der Waals surface area contributed by atoms with E-state index in [0.29, 0.717) is 23.5 Å². The molecule has 1 aromatic heterocycles. The molecule has 6 heteroatoms. The van der Waals surface area contributed by atoms with Crippen molar-refractivity contribution in [2.24, 2.45) is 0 Å². The summed E-state index contributed by atoms with van der Waals surface area (Å²) in [6.45, 7) is 1.93. The molecule has 0 saturated heterocycles. The van der Waals surface area contributed by atoms with Crippen molar-refractivity contribution in [3.63, 3.8) is 0 Å². The summed E-state index contributed by atoms with van der Waals surface area (Å²) in [6, 6.07) is 3.91. The van der Waals surface area contributed by atoms with Gasteiger partial charge in [-0.25, -0.2) is 19.2 Å². The van der Waals surface area contributed by atoms with Crippen molar-refractivity contribution >= 4 is 17.6 Å². The fourth-order valence-corrected chi connectivity index (χ4v) is 2.08. The lowest BCUT2D eigenvalue weighted by Crippen LogP contribution is -2.07. The Morgan fingerprint density at radius 2 is 2.20 bits per heavy atom. The van der Waals surface area contributed by atoms with E-state index in [1.165, 1.54) is 24.4 Å². The lowest BCUT2D eigenvalue weighted by atomic mass is 10.1. The van der Waals surface area contributed by atoms with Crippen molar-refractivity contribution in [3.8, 4) is 11.4 Å². The van der Waals surface area contributed by atoms with Gasteiger partial charge < -0.3 is 5.11 Å². The van der Waals surface area contributed by atoms with Crippen molar-refractivity contribution in [2.45, 2.75) is 19.8 Å². The first kappa shape index (κ1) is 14.4. The molecule has 2 rings (SSSR count). The second kappa shape index (κ2) is 5.96. The minimum absolute atomic E-state index is 0.0776. The molecule has 1 aromatic carbocycles. The maximum Gasteiger partial charge on any atom is 0.339 e. The predicted molar refractivity (Wildman–Crippen MR) is 73.4 cm³/mol. The van der Waals surface area contributed by atoms with Crippen molar-refractivity contribution in [1.29, 1.82) is 0 Å². The van der Waals surface area contributed by atoms with E-state index in [4.69, 9.17) is 16.7 Å². The predicted octanol–water partition coefficient (Wildman–Crippen LogP) is 3.59. The second-order valence-electron chi connectivity index (χ2n) is 4.23. The number of nitrogens with zero attached hydrogens (tertiary/aromatic N) is 2. The molecule has 0 aliphatic heterocycles. The van der Waals surface area contributed by atoms with Crippen molar-refractivity contribution in [3.05, 3.63) is 46.5 Å². The highest BCUT2D eigenvalue weighted by atomic mass is 35.5. The van der Waals surface area contributed by atoms with Crippen LogP contribution in [0.25, 0.3) is 11.4 Å². The Morgan fingerprint density at radius 1 is 1.45 bits per heavy atom. The highest BCUT2D eigenvalue weighted by molar-refractivity contribution is 6.33. The number of aryl methyl sites for hydroxylation is 1. The van der Waals surface area contributed by atoms with E-state index in [1.54, 1.807) is 0 Å². The third-order valence-corrected chi connectivity index (χ3v) is 3.07. The van der Waals surface area contributed by atoms with Gasteiger partial charge in [-0.1, -0.05) is 24.9 Å². The molecule has 0 bridgehead atoms. The van der Waals surface area contributed by atoms with Gasteiger partial charge in [-0.15, -0.1) is 0 Å². The Kier molecular flexibility index (Phi) is 4.29. The minimum atomic E-state index is -1.06. The number of rotatable bonds is 4. The van der Waals surface area contributed by atoms with Gasteiger partial charge in [-0.05, 0) is 24.6 Å². The van der Waals surface area contributed by atoms with E-state index in [-0.39, 0.29) is 10.6 Å². The molecule has 0 atom stereocenters. The van der Waals surface area contributed by atoms with Crippen LogP contribution in [0.1, 0.15) is 29.4 Å². The lowest BCUT2D eigenvalue weighted by Gasteiger charge is -2.08. The Hall–Kier alpha value is -2.01. The van der Waals surface area contributed by atoms with Gasteiger partial charge in [0.15, 0.2) is 5.82 Å². The number of carboxylic acid groups (broad SMARTS) is 1. The lowest BCUT2D eigenvalue weighted by molar-refractivity contribution is 0.0694. The van der Waals surface area contributed by atoms with E-state index >= 15 is 0 Å². The average Bonchev–Trinajstić information content (AvgIpc) is 2.38. The molecule has 0 radical (unpaired) electrons. The van der Waals surface area contributed by atoms with Crippen LogP contribution in [0.15, 0.2) is 24.4 Å². The molecule has 0 aliphatic carbocycles. The quantitative estimate of drug-likeness (QED) is 0.936. The number of hydrogen-bond acceptors (Lipinski definition) is 3. The van der Waals surface area contributed by atoms with E-state index in [1.807, 2.05) is 6.92 Å². The summed E-state index contributed by atoms with van der Waals surface area (Å²) >= 11 is 5.96. The van der Waals surface area contributed by atoms with Crippen LogP contribution in [0.5, 0.6) is 0 Å². The second-order valence-corrected chi connectivity index (χ2v) is 4.64. The topological polar surface area (TPSA) is 63.1 Å². The van der Waals surface area contributed by atoms with Gasteiger partial charge in [0.05, 0.1) is 16.3 Å². The van der Waals surface area contributed by atoms with Gasteiger partial charge in [0.1, 0.15) is 5.82 Å². The molecule has 0 fully saturated rings. The van der Waals surface area contributed by atoms with E-state index in [2.05, 4.69) is 9.97 Å². The fourth-order valence-electron chi connectivity index (χ4n) is 1.82. The van der Waals surface area contributed by atoms with Gasteiger partial charge in [0.2, 0.25) is 0 Å². The van der Waals surface area contributed by atoms with Crippen LogP contribution >= 0.6 is 11.6 Å². The van der Waals surface area contributed by atoms with Crippen LogP contribution in [-0.2, 0) is 6.42 Å². The SMILES string of the molecule is CCCc1nc(-c2ccc(F)cc2Cl)ncc1C(=O)O. The van der Waals surface area contributed by atoms with Gasteiger partial charge in [0.25, 0.3) is 0 Å². The molecule has 0 spiro atoms. The van der Waals surface area contributed by atoms with E-state index in [0.717, 1.165) is 6.42 Å². The summed E-state index contributed by atoms with van der Waals surface area (Å²) in [4.78, 5) is 19.4. The molecule has 2 aromatic rings. The van der Waals surface area contributed by atoms with Crippen molar-refractivity contribution in [2.75, 3.05) is 0 Å². The molecule has 0 aliphatic rings. The molecule has 0 amide bonds. The smallest absolute Gasteiger partial charge is 0.339 e. The normalized spacial score (nSPS) is 10.6.